The predicted octanol–water partition coefficient (Wildman–Crippen LogP) is 11.5. The third kappa shape index (κ3) is 4.67. The zero-order valence-electron chi connectivity index (χ0n) is 27.9. The smallest absolute Gasteiger partial charge is 0.00993 e. The lowest BCUT2D eigenvalue weighted by molar-refractivity contribution is 0.513. The molecule has 2 aliphatic carbocycles. The molecule has 0 spiro atoms. The lowest BCUT2D eigenvalue weighted by atomic mass is 9.68. The molecule has 2 aliphatic rings. The van der Waals surface area contributed by atoms with Gasteiger partial charge in [0.25, 0.3) is 0 Å². The summed E-state index contributed by atoms with van der Waals surface area (Å²) < 4.78 is 0. The van der Waals surface area contributed by atoms with Crippen LogP contribution in [0.15, 0.2) is 182 Å². The van der Waals surface area contributed by atoms with Crippen molar-refractivity contribution in [3.8, 4) is 22.3 Å². The van der Waals surface area contributed by atoms with E-state index in [4.69, 9.17) is 0 Å². The van der Waals surface area contributed by atoms with Gasteiger partial charge in [-0.3, -0.25) is 0 Å². The fraction of sp³-hybridized carbons (Fsp3) is 0.0800. The number of benzene rings is 8. The molecule has 0 heteroatoms. The Bertz CT molecular complexity index is 2760. The summed E-state index contributed by atoms with van der Waals surface area (Å²) in [5, 5.41) is 10.5. The van der Waals surface area contributed by atoms with Gasteiger partial charge in [-0.25, -0.2) is 0 Å². The van der Waals surface area contributed by atoms with Crippen molar-refractivity contribution in [2.75, 3.05) is 0 Å². The van der Waals surface area contributed by atoms with E-state index in [0.717, 1.165) is 12.8 Å². The van der Waals surface area contributed by atoms with Gasteiger partial charge in [0.15, 0.2) is 0 Å². The van der Waals surface area contributed by atoms with E-state index in [2.05, 4.69) is 182 Å². The fourth-order valence-electron chi connectivity index (χ4n) is 8.96. The highest BCUT2D eigenvalue weighted by Crippen LogP contribution is 2.44. The molecule has 2 atom stereocenters. The van der Waals surface area contributed by atoms with Gasteiger partial charge in [0, 0.05) is 5.92 Å². The minimum atomic E-state index is 0.321. The molecule has 50 heavy (non-hydrogen) atoms. The van der Waals surface area contributed by atoms with Gasteiger partial charge in [-0.1, -0.05) is 170 Å². The van der Waals surface area contributed by atoms with Crippen LogP contribution in [0.3, 0.4) is 0 Å². The third-order valence-electron chi connectivity index (χ3n) is 11.2. The third-order valence-corrected chi connectivity index (χ3v) is 11.2. The maximum absolute atomic E-state index is 2.50. The summed E-state index contributed by atoms with van der Waals surface area (Å²) in [6, 6.07) is 63.2. The molecule has 0 radical (unpaired) electrons. The lowest BCUT2D eigenvalue weighted by Gasteiger charge is -2.36. The van der Waals surface area contributed by atoms with Gasteiger partial charge in [0.1, 0.15) is 0 Å². The molecule has 0 N–H and O–H groups in total. The first-order chi connectivity index (χ1) is 24.8. The quantitative estimate of drug-likeness (QED) is 0.133. The molecule has 0 heterocycles. The number of hydrogen-bond donors (Lipinski definition) is 0. The Hall–Kier alpha value is -5.98. The molecule has 0 saturated heterocycles. The summed E-state index contributed by atoms with van der Waals surface area (Å²) in [6.45, 7) is 0. The van der Waals surface area contributed by atoms with Crippen LogP contribution in [0.25, 0.3) is 65.7 Å². The highest BCUT2D eigenvalue weighted by atomic mass is 14.4. The van der Waals surface area contributed by atoms with E-state index in [1.807, 2.05) is 0 Å². The summed E-state index contributed by atoms with van der Waals surface area (Å²) in [6.07, 6.45) is 7.17. The van der Waals surface area contributed by atoms with E-state index in [0.29, 0.717) is 11.8 Å². The Morgan fingerprint density at radius 2 is 1.00 bits per heavy atom. The average molecular weight is 637 g/mol. The molecule has 0 fully saturated rings. The highest BCUT2D eigenvalue weighted by molar-refractivity contribution is 6.13. The Kier molecular flexibility index (Phi) is 6.88. The van der Waals surface area contributed by atoms with Crippen molar-refractivity contribution >= 4 is 43.5 Å². The van der Waals surface area contributed by atoms with Crippen LogP contribution >= 0.6 is 0 Å². The number of fused-ring (bicyclic) bond motifs is 6. The van der Waals surface area contributed by atoms with Crippen LogP contribution in [-0.2, 0) is 0 Å². The topological polar surface area (TPSA) is 0 Å². The molecule has 8 aromatic carbocycles. The first-order valence-electron chi connectivity index (χ1n) is 17.9. The summed E-state index contributed by atoms with van der Waals surface area (Å²) >= 11 is 0. The van der Waals surface area contributed by atoms with Crippen LogP contribution in [0, 0.1) is 11.8 Å². The first kappa shape index (κ1) is 29.0. The van der Waals surface area contributed by atoms with Gasteiger partial charge in [0.05, 0.1) is 0 Å². The Morgan fingerprint density at radius 3 is 1.84 bits per heavy atom. The van der Waals surface area contributed by atoms with Crippen LogP contribution < -0.4 is 10.4 Å². The zero-order valence-corrected chi connectivity index (χ0v) is 27.9. The lowest BCUT2D eigenvalue weighted by Crippen LogP contribution is -2.40. The molecular formula is C50H36. The van der Waals surface area contributed by atoms with E-state index < -0.39 is 0 Å². The number of allylic oxidation sites excluding steroid dienone is 2. The van der Waals surface area contributed by atoms with Crippen LogP contribution in [0.1, 0.15) is 24.0 Å². The second-order valence-corrected chi connectivity index (χ2v) is 13.9. The van der Waals surface area contributed by atoms with E-state index in [1.54, 1.807) is 0 Å². The molecule has 2 unspecified atom stereocenters. The van der Waals surface area contributed by atoms with Crippen molar-refractivity contribution in [2.24, 2.45) is 11.8 Å². The second kappa shape index (κ2) is 11.9. The Labute approximate surface area is 293 Å². The zero-order chi connectivity index (χ0) is 33.0. The van der Waals surface area contributed by atoms with Crippen LogP contribution in [0.2, 0.25) is 0 Å². The molecule has 0 nitrogen and oxygen atoms in total. The van der Waals surface area contributed by atoms with Gasteiger partial charge < -0.3 is 0 Å². The maximum atomic E-state index is 2.50. The predicted molar refractivity (Wildman–Crippen MR) is 212 cm³/mol. The molecule has 0 saturated carbocycles. The summed E-state index contributed by atoms with van der Waals surface area (Å²) in [4.78, 5) is 0. The van der Waals surface area contributed by atoms with Crippen molar-refractivity contribution in [1.82, 2.24) is 0 Å². The van der Waals surface area contributed by atoms with Crippen LogP contribution in [0.4, 0.5) is 0 Å². The molecule has 0 aliphatic heterocycles. The van der Waals surface area contributed by atoms with Gasteiger partial charge in [0.2, 0.25) is 0 Å². The number of rotatable bonds is 4. The normalized spacial score (nSPS) is 16.9. The summed E-state index contributed by atoms with van der Waals surface area (Å²) in [5.41, 5.74) is 10.7. The maximum Gasteiger partial charge on any atom is 0.00993 e. The van der Waals surface area contributed by atoms with Crippen LogP contribution in [-0.4, -0.2) is 0 Å². The van der Waals surface area contributed by atoms with Crippen molar-refractivity contribution in [1.29, 1.82) is 0 Å². The van der Waals surface area contributed by atoms with E-state index >= 15 is 0 Å². The van der Waals surface area contributed by atoms with Crippen molar-refractivity contribution in [3.05, 3.63) is 204 Å². The van der Waals surface area contributed by atoms with Crippen molar-refractivity contribution < 1.29 is 0 Å². The SMILES string of the molecule is C1=CC2C(c3ccc(-c4cc5ccccc5c5ccccc45)cc3)=c3ccccc3=C(c3cccc(-c4cccc5ccccc45)c3)C2CC1. The van der Waals surface area contributed by atoms with Gasteiger partial charge in [-0.05, 0) is 118 Å². The standard InChI is InChI=1S/C50H36/c1-3-18-39-33(13-1)15-12-26-40(39)36-16-11-17-38(31-36)50-46-24-9-7-22-44(46)49(45-23-8-10-25-47(45)50)35-29-27-34(28-30-35)48-32-37-14-2-4-19-41(37)42-20-5-6-21-43(42)48/h1-9,11-24,26-32,45,47H,10,25H2. The largest absolute Gasteiger partial charge is 0.0879 e. The van der Waals surface area contributed by atoms with E-state index in [9.17, 15) is 0 Å². The number of hydrogen-bond acceptors (Lipinski definition) is 0. The molecule has 0 bridgehead atoms. The van der Waals surface area contributed by atoms with E-state index in [-0.39, 0.29) is 0 Å². The van der Waals surface area contributed by atoms with Crippen LogP contribution in [0.5, 0.6) is 0 Å². The van der Waals surface area contributed by atoms with Gasteiger partial charge in [-0.2, -0.15) is 0 Å². The highest BCUT2D eigenvalue weighted by Gasteiger charge is 2.33. The Balaban J connectivity index is 1.15. The van der Waals surface area contributed by atoms with Gasteiger partial charge >= 0.3 is 0 Å². The molecular weight excluding hydrogens is 601 g/mol. The minimum absolute atomic E-state index is 0.321. The fourth-order valence-corrected chi connectivity index (χ4v) is 8.96. The van der Waals surface area contributed by atoms with E-state index in [1.165, 1.54) is 87.3 Å². The average Bonchev–Trinajstić information content (AvgIpc) is 3.19. The monoisotopic (exact) mass is 636 g/mol. The molecule has 0 amide bonds. The first-order valence-corrected chi connectivity index (χ1v) is 17.9. The summed E-state index contributed by atoms with van der Waals surface area (Å²) in [7, 11) is 0. The van der Waals surface area contributed by atoms with Crippen molar-refractivity contribution in [2.45, 2.75) is 12.8 Å². The second-order valence-electron chi connectivity index (χ2n) is 13.9. The van der Waals surface area contributed by atoms with Crippen molar-refractivity contribution in [3.63, 3.8) is 0 Å². The minimum Gasteiger partial charge on any atom is -0.0879 e. The molecule has 0 aromatic heterocycles. The summed E-state index contributed by atoms with van der Waals surface area (Å²) in [5.74, 6) is 0.735. The molecule has 8 aromatic rings. The van der Waals surface area contributed by atoms with Gasteiger partial charge in [-0.15, -0.1) is 0 Å². The Morgan fingerprint density at radius 1 is 0.380 bits per heavy atom. The molecule has 10 rings (SSSR count). The molecule has 236 valence electrons.